The maximum atomic E-state index is 13.8. The molecule has 4 aromatic carbocycles. The summed E-state index contributed by atoms with van der Waals surface area (Å²) in [6.45, 7) is 3.39. The summed E-state index contributed by atoms with van der Waals surface area (Å²) in [4.78, 5) is 27.1. The summed E-state index contributed by atoms with van der Waals surface area (Å²) in [7, 11) is -7.65. The van der Waals surface area contributed by atoms with E-state index in [0.29, 0.717) is 11.1 Å². The molecule has 0 aromatic heterocycles. The number of anilines is 4. The highest BCUT2D eigenvalue weighted by Gasteiger charge is 2.34. The number of benzene rings is 4. The summed E-state index contributed by atoms with van der Waals surface area (Å²) in [5.74, 6) is -1.00. The lowest BCUT2D eigenvalue weighted by Crippen LogP contribution is -2.23. The summed E-state index contributed by atoms with van der Waals surface area (Å²) in [5.41, 5.74) is 2.06. The van der Waals surface area contributed by atoms with E-state index in [0.717, 1.165) is 7.11 Å². The number of hydrogen-bond acceptors (Lipinski definition) is 9. The first kappa shape index (κ1) is 28.2. The van der Waals surface area contributed by atoms with Gasteiger partial charge >= 0.3 is 0 Å². The second-order valence-corrected chi connectivity index (χ2v) is 12.5. The summed E-state index contributed by atoms with van der Waals surface area (Å²) in [6, 6.07) is 18.2. The average Bonchev–Trinajstić information content (AvgIpc) is 2.93. The first-order chi connectivity index (χ1) is 19.3. The Hall–Kier alpha value is -4.36. The highest BCUT2D eigenvalue weighted by molar-refractivity contribution is 7.87. The third-order valence-electron chi connectivity index (χ3n) is 6.65. The van der Waals surface area contributed by atoms with E-state index in [4.69, 9.17) is 4.18 Å². The van der Waals surface area contributed by atoms with Crippen LogP contribution in [0.3, 0.4) is 0 Å². The predicted molar refractivity (Wildman–Crippen MR) is 153 cm³/mol. The molecule has 0 spiro atoms. The summed E-state index contributed by atoms with van der Waals surface area (Å²) >= 11 is 0. The monoisotopic (exact) mass is 592 g/mol. The van der Waals surface area contributed by atoms with E-state index in [1.54, 1.807) is 44.2 Å². The zero-order valence-electron chi connectivity index (χ0n) is 22.0. The summed E-state index contributed by atoms with van der Waals surface area (Å²) < 4.78 is 63.6. The first-order valence-corrected chi connectivity index (χ1v) is 15.1. The molecule has 0 amide bonds. The van der Waals surface area contributed by atoms with E-state index in [1.165, 1.54) is 42.5 Å². The molecule has 0 atom stereocenters. The molecule has 3 N–H and O–H groups in total. The van der Waals surface area contributed by atoms with Crippen LogP contribution >= 0.6 is 0 Å². The number of fused-ring (bicyclic) bond motifs is 2. The van der Waals surface area contributed by atoms with Crippen molar-refractivity contribution in [2.45, 2.75) is 23.6 Å². The van der Waals surface area contributed by atoms with Crippen LogP contribution in [0.5, 0.6) is 0 Å². The molecule has 0 saturated heterocycles. The fourth-order valence-electron chi connectivity index (χ4n) is 4.72. The number of ketones is 2. The van der Waals surface area contributed by atoms with Gasteiger partial charge in [0.1, 0.15) is 9.79 Å². The fourth-order valence-corrected chi connectivity index (χ4v) is 6.35. The Bertz CT molecular complexity index is 1980. The lowest BCUT2D eigenvalue weighted by atomic mass is 9.82. The lowest BCUT2D eigenvalue weighted by Gasteiger charge is -2.24. The molecule has 0 heterocycles. The normalized spacial score (nSPS) is 13.0. The number of carbonyl (C=O) groups excluding carboxylic acids is 2. The van der Waals surface area contributed by atoms with Crippen LogP contribution in [0.4, 0.5) is 22.7 Å². The van der Waals surface area contributed by atoms with Crippen molar-refractivity contribution in [3.8, 4) is 0 Å². The fraction of sp³-hybridized carbons (Fsp3) is 0.103. The third kappa shape index (κ3) is 5.13. The van der Waals surface area contributed by atoms with Gasteiger partial charge in [-0.1, -0.05) is 36.4 Å². The molecular weight excluding hydrogens is 568 g/mol. The Labute approximate surface area is 236 Å². The topological polar surface area (TPSA) is 156 Å². The second-order valence-electron chi connectivity index (χ2n) is 9.46. The van der Waals surface area contributed by atoms with Crippen LogP contribution in [0.2, 0.25) is 0 Å². The van der Waals surface area contributed by atoms with Crippen LogP contribution in [0.25, 0.3) is 0 Å². The van der Waals surface area contributed by atoms with Crippen LogP contribution < -0.4 is 10.6 Å². The molecule has 0 fully saturated rings. The van der Waals surface area contributed by atoms with Crippen LogP contribution in [0.15, 0.2) is 82.6 Å². The minimum absolute atomic E-state index is 0.0271. The molecule has 41 heavy (non-hydrogen) atoms. The van der Waals surface area contributed by atoms with Crippen LogP contribution in [-0.4, -0.2) is 40.1 Å². The summed E-state index contributed by atoms with van der Waals surface area (Å²) in [6.07, 6.45) is 0. The molecule has 210 valence electrons. The molecule has 0 bridgehead atoms. The third-order valence-corrected chi connectivity index (χ3v) is 8.86. The van der Waals surface area contributed by atoms with Crippen LogP contribution in [0.1, 0.15) is 43.0 Å². The van der Waals surface area contributed by atoms with Crippen molar-refractivity contribution in [3.63, 3.8) is 0 Å². The molecule has 12 heteroatoms. The van der Waals surface area contributed by atoms with Crippen molar-refractivity contribution in [1.82, 2.24) is 0 Å². The Morgan fingerprint density at radius 1 is 0.634 bits per heavy atom. The van der Waals surface area contributed by atoms with Gasteiger partial charge < -0.3 is 10.6 Å². The van der Waals surface area contributed by atoms with Gasteiger partial charge in [-0.05, 0) is 61.4 Å². The molecule has 0 unspecified atom stereocenters. The Morgan fingerprint density at radius 3 is 1.51 bits per heavy atom. The minimum atomic E-state index is -4.60. The maximum absolute atomic E-state index is 13.8. The van der Waals surface area contributed by atoms with Crippen molar-refractivity contribution in [2.24, 2.45) is 0 Å². The van der Waals surface area contributed by atoms with Crippen molar-refractivity contribution in [3.05, 3.63) is 106 Å². The van der Waals surface area contributed by atoms with E-state index in [1.807, 2.05) is 0 Å². The standard InChI is InChI=1S/C29H24N2O8S2/c1-16-10-12-20(24(14-16)40(34,35)36)30-22-8-4-6-18-26(22)28(32)19-7-5-9-23(27(19)29(18)33)31-21-13-11-17(2)15-25(21)41(37,38)39-3/h4-15,30-31H,1-3H3,(H,34,35,36). The number of rotatable bonds is 7. The van der Waals surface area contributed by atoms with Gasteiger partial charge in [-0.25, -0.2) is 0 Å². The Balaban J connectivity index is 1.61. The lowest BCUT2D eigenvalue weighted by molar-refractivity contribution is 0.0980. The zero-order chi connectivity index (χ0) is 29.7. The molecule has 4 aromatic rings. The van der Waals surface area contributed by atoms with Crippen LogP contribution in [-0.2, 0) is 24.4 Å². The van der Waals surface area contributed by atoms with Crippen molar-refractivity contribution in [1.29, 1.82) is 0 Å². The van der Waals surface area contributed by atoms with Gasteiger partial charge in [-0.3, -0.25) is 18.3 Å². The van der Waals surface area contributed by atoms with E-state index < -0.39 is 31.8 Å². The van der Waals surface area contributed by atoms with E-state index in [2.05, 4.69) is 10.6 Å². The van der Waals surface area contributed by atoms with Crippen molar-refractivity contribution >= 4 is 54.6 Å². The van der Waals surface area contributed by atoms with E-state index in [-0.39, 0.29) is 54.8 Å². The molecule has 0 saturated carbocycles. The minimum Gasteiger partial charge on any atom is -0.354 e. The van der Waals surface area contributed by atoms with Crippen LogP contribution in [0, 0.1) is 13.8 Å². The number of aryl methyl sites for hydroxylation is 2. The Kier molecular flexibility index (Phi) is 7.03. The SMILES string of the molecule is COS(=O)(=O)c1cc(C)ccc1Nc1cccc2c1C(=O)c1cccc(Nc3ccc(C)cc3S(=O)(=O)O)c1C2=O. The van der Waals surface area contributed by atoms with Gasteiger partial charge in [0.25, 0.3) is 20.2 Å². The van der Waals surface area contributed by atoms with Gasteiger partial charge in [0.2, 0.25) is 0 Å². The average molecular weight is 593 g/mol. The van der Waals surface area contributed by atoms with Gasteiger partial charge in [0, 0.05) is 11.1 Å². The maximum Gasteiger partial charge on any atom is 0.298 e. The molecule has 1 aliphatic rings. The van der Waals surface area contributed by atoms with Crippen molar-refractivity contribution in [2.75, 3.05) is 17.7 Å². The zero-order valence-corrected chi connectivity index (χ0v) is 23.7. The summed E-state index contributed by atoms with van der Waals surface area (Å²) in [5, 5.41) is 5.89. The molecule has 5 rings (SSSR count). The van der Waals surface area contributed by atoms with Gasteiger partial charge in [0.15, 0.2) is 11.6 Å². The first-order valence-electron chi connectivity index (χ1n) is 12.2. The van der Waals surface area contributed by atoms with E-state index in [9.17, 15) is 31.0 Å². The smallest absolute Gasteiger partial charge is 0.298 e. The predicted octanol–water partition coefficient (Wildman–Crippen LogP) is 5.15. The molecular formula is C29H24N2O8S2. The van der Waals surface area contributed by atoms with Gasteiger partial charge in [0.05, 0.1) is 41.0 Å². The van der Waals surface area contributed by atoms with E-state index >= 15 is 0 Å². The highest BCUT2D eigenvalue weighted by Crippen LogP contribution is 2.39. The largest absolute Gasteiger partial charge is 0.354 e. The van der Waals surface area contributed by atoms with Crippen molar-refractivity contribution < 1.29 is 35.2 Å². The number of nitrogens with one attached hydrogen (secondary N) is 2. The molecule has 0 aliphatic heterocycles. The number of carbonyl (C=O) groups is 2. The van der Waals surface area contributed by atoms with Gasteiger partial charge in [-0.2, -0.15) is 16.8 Å². The Morgan fingerprint density at radius 2 is 1.07 bits per heavy atom. The highest BCUT2D eigenvalue weighted by atomic mass is 32.2. The number of hydrogen-bond donors (Lipinski definition) is 3. The molecule has 1 aliphatic carbocycles. The quantitative estimate of drug-likeness (QED) is 0.171. The molecule has 0 radical (unpaired) electrons. The van der Waals surface area contributed by atoms with Gasteiger partial charge in [-0.15, -0.1) is 0 Å². The molecule has 10 nitrogen and oxygen atoms in total. The second kappa shape index (κ2) is 10.2.